The van der Waals surface area contributed by atoms with Crippen LogP contribution in [-0.4, -0.2) is 63.5 Å². The number of rotatable bonds is 7. The van der Waals surface area contributed by atoms with Gasteiger partial charge in [0.15, 0.2) is 5.13 Å². The number of nitrogens with one attached hydrogen (secondary N) is 2. The Hall–Kier alpha value is -2.20. The summed E-state index contributed by atoms with van der Waals surface area (Å²) in [7, 11) is 0. The quantitative estimate of drug-likeness (QED) is 0.480. The number of anilines is 1. The first kappa shape index (κ1) is 21.1. The van der Waals surface area contributed by atoms with Crippen LogP contribution in [0.1, 0.15) is 38.0 Å². The maximum Gasteiger partial charge on any atom is 0.321 e. The molecule has 1 aliphatic rings. The summed E-state index contributed by atoms with van der Waals surface area (Å²) in [5.41, 5.74) is 1.56. The number of aromatic nitrogens is 1. The third kappa shape index (κ3) is 5.90. The molecule has 1 saturated heterocycles. The van der Waals surface area contributed by atoms with Gasteiger partial charge in [-0.25, -0.2) is 15.3 Å². The Labute approximate surface area is 162 Å². The molecule has 0 bridgehead atoms. The van der Waals surface area contributed by atoms with Crippen LogP contribution in [0.25, 0.3) is 0 Å². The number of hydrogen-bond acceptors (Lipinski definition) is 6. The normalized spacial score (nSPS) is 16.5. The Morgan fingerprint density at radius 1 is 1.44 bits per heavy atom. The van der Waals surface area contributed by atoms with Crippen LogP contribution in [-0.2, 0) is 9.59 Å². The van der Waals surface area contributed by atoms with E-state index in [2.05, 4.69) is 10.3 Å². The first-order valence-corrected chi connectivity index (χ1v) is 9.85. The summed E-state index contributed by atoms with van der Waals surface area (Å²) >= 11 is 1.38. The lowest BCUT2D eigenvalue weighted by Gasteiger charge is -2.31. The van der Waals surface area contributed by atoms with Crippen molar-refractivity contribution >= 4 is 34.3 Å². The van der Waals surface area contributed by atoms with Crippen molar-refractivity contribution in [3.63, 3.8) is 0 Å². The maximum absolute atomic E-state index is 13.0. The largest absolute Gasteiger partial charge is 0.321 e. The monoisotopic (exact) mass is 397 g/mol. The highest BCUT2D eigenvalue weighted by molar-refractivity contribution is 7.15. The van der Waals surface area contributed by atoms with Crippen molar-refractivity contribution in [3.05, 3.63) is 11.1 Å². The molecule has 150 valence electrons. The maximum atomic E-state index is 13.0. The number of carbonyl (C=O) groups is 3. The Balaban J connectivity index is 2.07. The standard InChI is InChI=1S/C17H27N5O4S/c1-11(2)6-8-21(10-14(23)20-26)17(25)22-7-4-5-13(22)15(24)19-16-18-9-12(3)27-16/h9,11,13,26H,4-8,10H2,1-3H3,(H,20,23)(H,18,19,24)/t13-/m0/s1. The minimum absolute atomic E-state index is 0.251. The number of thiazole rings is 1. The van der Waals surface area contributed by atoms with Gasteiger partial charge in [0.2, 0.25) is 5.91 Å². The Bertz CT molecular complexity index is 678. The average Bonchev–Trinajstić information content (AvgIpc) is 3.26. The summed E-state index contributed by atoms with van der Waals surface area (Å²) in [4.78, 5) is 45.2. The van der Waals surface area contributed by atoms with Crippen LogP contribution in [0.4, 0.5) is 9.93 Å². The SMILES string of the molecule is Cc1cnc(NC(=O)[C@@H]2CCCN2C(=O)N(CCC(C)C)CC(=O)NO)s1. The van der Waals surface area contributed by atoms with Crippen molar-refractivity contribution in [2.75, 3.05) is 25.0 Å². The van der Waals surface area contributed by atoms with Crippen molar-refractivity contribution < 1.29 is 19.6 Å². The lowest BCUT2D eigenvalue weighted by atomic mass is 10.1. The van der Waals surface area contributed by atoms with Gasteiger partial charge in [-0.1, -0.05) is 13.8 Å². The minimum Gasteiger partial charge on any atom is -0.315 e. The predicted octanol–water partition coefficient (Wildman–Crippen LogP) is 1.83. The number of likely N-dealkylation sites (tertiary alicyclic amines) is 1. The van der Waals surface area contributed by atoms with Crippen LogP contribution in [0.3, 0.4) is 0 Å². The van der Waals surface area contributed by atoms with Crippen LogP contribution in [0.15, 0.2) is 6.20 Å². The molecule has 1 atom stereocenters. The van der Waals surface area contributed by atoms with E-state index in [1.54, 1.807) is 11.7 Å². The second-order valence-electron chi connectivity index (χ2n) is 7.04. The third-order valence-corrected chi connectivity index (χ3v) is 5.19. The zero-order chi connectivity index (χ0) is 20.0. The van der Waals surface area contributed by atoms with Crippen LogP contribution in [0.2, 0.25) is 0 Å². The molecule has 10 heteroatoms. The molecule has 9 nitrogen and oxygen atoms in total. The van der Waals surface area contributed by atoms with Crippen molar-refractivity contribution in [1.29, 1.82) is 0 Å². The molecular formula is C17H27N5O4S. The molecule has 2 heterocycles. The molecule has 0 unspecified atom stereocenters. The number of carbonyl (C=O) groups excluding carboxylic acids is 3. The molecule has 3 N–H and O–H groups in total. The average molecular weight is 398 g/mol. The van der Waals surface area contributed by atoms with E-state index in [1.165, 1.54) is 21.1 Å². The molecule has 0 aromatic carbocycles. The number of hydrogen-bond donors (Lipinski definition) is 3. The lowest BCUT2D eigenvalue weighted by molar-refractivity contribution is -0.129. The summed E-state index contributed by atoms with van der Waals surface area (Å²) in [6, 6.07) is -0.965. The van der Waals surface area contributed by atoms with Crippen molar-refractivity contribution in [3.8, 4) is 0 Å². The van der Waals surface area contributed by atoms with Crippen LogP contribution in [0, 0.1) is 12.8 Å². The lowest BCUT2D eigenvalue weighted by Crippen LogP contribution is -2.51. The molecular weight excluding hydrogens is 370 g/mol. The van der Waals surface area contributed by atoms with Gasteiger partial charge in [-0.05, 0) is 32.1 Å². The first-order chi connectivity index (χ1) is 12.8. The fourth-order valence-corrected chi connectivity index (χ4v) is 3.58. The highest BCUT2D eigenvalue weighted by Gasteiger charge is 2.37. The Morgan fingerprint density at radius 3 is 2.78 bits per heavy atom. The van der Waals surface area contributed by atoms with Gasteiger partial charge in [0.25, 0.3) is 5.91 Å². The topological polar surface area (TPSA) is 115 Å². The summed E-state index contributed by atoms with van der Waals surface area (Å²) in [6.07, 6.45) is 3.67. The van der Waals surface area contributed by atoms with Crippen LogP contribution < -0.4 is 10.8 Å². The van der Waals surface area contributed by atoms with E-state index in [9.17, 15) is 14.4 Å². The van der Waals surface area contributed by atoms with E-state index in [0.29, 0.717) is 43.4 Å². The van der Waals surface area contributed by atoms with E-state index in [0.717, 1.165) is 4.88 Å². The second kappa shape index (κ2) is 9.65. The zero-order valence-electron chi connectivity index (χ0n) is 15.9. The molecule has 0 spiro atoms. The third-order valence-electron chi connectivity index (χ3n) is 4.36. The highest BCUT2D eigenvalue weighted by Crippen LogP contribution is 2.23. The molecule has 1 aromatic heterocycles. The van der Waals surface area contributed by atoms with Gasteiger partial charge in [-0.3, -0.25) is 14.8 Å². The van der Waals surface area contributed by atoms with Gasteiger partial charge >= 0.3 is 6.03 Å². The molecule has 1 aliphatic heterocycles. The number of urea groups is 1. The molecule has 1 aromatic rings. The molecule has 0 aliphatic carbocycles. The van der Waals surface area contributed by atoms with Gasteiger partial charge in [0.05, 0.1) is 0 Å². The van der Waals surface area contributed by atoms with Crippen LogP contribution >= 0.6 is 11.3 Å². The van der Waals surface area contributed by atoms with Crippen molar-refractivity contribution in [2.24, 2.45) is 5.92 Å². The van der Waals surface area contributed by atoms with E-state index >= 15 is 0 Å². The zero-order valence-corrected chi connectivity index (χ0v) is 16.7. The Kier molecular flexibility index (Phi) is 7.55. The van der Waals surface area contributed by atoms with E-state index in [-0.39, 0.29) is 18.5 Å². The summed E-state index contributed by atoms with van der Waals surface area (Å²) in [5.74, 6) is -0.584. The van der Waals surface area contributed by atoms with Gasteiger partial charge < -0.3 is 15.1 Å². The molecule has 0 saturated carbocycles. The summed E-state index contributed by atoms with van der Waals surface area (Å²) in [6.45, 7) is 6.52. The first-order valence-electron chi connectivity index (χ1n) is 9.03. The minimum atomic E-state index is -0.662. The summed E-state index contributed by atoms with van der Waals surface area (Å²) < 4.78 is 0. The number of amides is 4. The van der Waals surface area contributed by atoms with Gasteiger partial charge in [0, 0.05) is 24.2 Å². The van der Waals surface area contributed by atoms with E-state index in [4.69, 9.17) is 5.21 Å². The Morgan fingerprint density at radius 2 is 2.19 bits per heavy atom. The van der Waals surface area contributed by atoms with Gasteiger partial charge in [-0.15, -0.1) is 11.3 Å². The summed E-state index contributed by atoms with van der Waals surface area (Å²) in [5, 5.41) is 12.1. The number of hydroxylamine groups is 1. The van der Waals surface area contributed by atoms with Gasteiger partial charge in [0.1, 0.15) is 12.6 Å². The molecule has 27 heavy (non-hydrogen) atoms. The fraction of sp³-hybridized carbons (Fsp3) is 0.647. The molecule has 2 rings (SSSR count). The molecule has 1 fully saturated rings. The van der Waals surface area contributed by atoms with E-state index < -0.39 is 11.9 Å². The van der Waals surface area contributed by atoms with Crippen molar-refractivity contribution in [2.45, 2.75) is 46.1 Å². The smallest absolute Gasteiger partial charge is 0.315 e. The van der Waals surface area contributed by atoms with Crippen molar-refractivity contribution in [1.82, 2.24) is 20.3 Å². The van der Waals surface area contributed by atoms with Gasteiger partial charge in [-0.2, -0.15) is 0 Å². The number of nitrogens with zero attached hydrogens (tertiary/aromatic N) is 3. The number of aryl methyl sites for hydroxylation is 1. The second-order valence-corrected chi connectivity index (χ2v) is 8.27. The molecule has 0 radical (unpaired) electrons. The van der Waals surface area contributed by atoms with E-state index in [1.807, 2.05) is 20.8 Å². The molecule has 4 amide bonds. The fourth-order valence-electron chi connectivity index (χ4n) is 2.92. The van der Waals surface area contributed by atoms with Crippen LogP contribution in [0.5, 0.6) is 0 Å². The predicted molar refractivity (Wildman–Crippen MR) is 102 cm³/mol. The highest BCUT2D eigenvalue weighted by atomic mass is 32.1.